The Morgan fingerprint density at radius 2 is 1.79 bits per heavy atom. The fraction of sp³-hybridized carbons (Fsp3) is 0.250. The van der Waals surface area contributed by atoms with Crippen molar-refractivity contribution in [1.82, 2.24) is 15.1 Å². The summed E-state index contributed by atoms with van der Waals surface area (Å²) >= 11 is 0. The predicted molar refractivity (Wildman–Crippen MR) is 60.8 cm³/mol. The summed E-state index contributed by atoms with van der Waals surface area (Å²) in [6, 6.07) is 1.67. The third-order valence-corrected chi connectivity index (χ3v) is 2.52. The lowest BCUT2D eigenvalue weighted by molar-refractivity contribution is 0.444. The lowest BCUT2D eigenvalue weighted by Crippen LogP contribution is -2.13. The van der Waals surface area contributed by atoms with Crippen LogP contribution in [0.1, 0.15) is 12.6 Å². The van der Waals surface area contributed by atoms with Crippen LogP contribution in [0.25, 0.3) is 5.69 Å². The molecule has 3 nitrogen and oxygen atoms in total. The van der Waals surface area contributed by atoms with Gasteiger partial charge in [-0.05, 0) is 12.6 Å². The molecule has 0 fully saturated rings. The summed E-state index contributed by atoms with van der Waals surface area (Å²) in [5.41, 5.74) is -0.356. The van der Waals surface area contributed by atoms with Crippen LogP contribution in [0.4, 0.5) is 17.6 Å². The Morgan fingerprint density at radius 3 is 2.37 bits per heavy atom. The molecule has 0 radical (unpaired) electrons. The molecular weight excluding hydrogens is 262 g/mol. The molecule has 0 unspecified atom stereocenters. The third-order valence-electron chi connectivity index (χ3n) is 2.52. The van der Waals surface area contributed by atoms with E-state index in [0.29, 0.717) is 18.8 Å². The highest BCUT2D eigenvalue weighted by molar-refractivity contribution is 5.36. The van der Waals surface area contributed by atoms with Gasteiger partial charge in [-0.1, -0.05) is 6.92 Å². The molecule has 102 valence electrons. The zero-order chi connectivity index (χ0) is 14.0. The van der Waals surface area contributed by atoms with E-state index in [2.05, 4.69) is 10.4 Å². The summed E-state index contributed by atoms with van der Waals surface area (Å²) in [5, 5.41) is 6.83. The van der Waals surface area contributed by atoms with Crippen LogP contribution in [0.15, 0.2) is 18.3 Å². The Balaban J connectivity index is 2.44. The van der Waals surface area contributed by atoms with Gasteiger partial charge >= 0.3 is 0 Å². The molecule has 1 N–H and O–H groups in total. The molecule has 2 aromatic rings. The molecule has 1 aromatic carbocycles. The Labute approximate surface area is 106 Å². The van der Waals surface area contributed by atoms with Crippen molar-refractivity contribution in [3.05, 3.63) is 47.3 Å². The highest BCUT2D eigenvalue weighted by atomic mass is 19.2. The first-order valence-electron chi connectivity index (χ1n) is 5.63. The molecule has 0 spiro atoms. The quantitative estimate of drug-likeness (QED) is 0.685. The average Bonchev–Trinajstić information content (AvgIpc) is 2.83. The molecule has 19 heavy (non-hydrogen) atoms. The lowest BCUT2D eigenvalue weighted by atomic mass is 10.2. The molecule has 1 heterocycles. The average molecular weight is 273 g/mol. The van der Waals surface area contributed by atoms with Gasteiger partial charge in [-0.15, -0.1) is 0 Å². The van der Waals surface area contributed by atoms with Crippen LogP contribution in [0.5, 0.6) is 0 Å². The maximum absolute atomic E-state index is 13.5. The summed E-state index contributed by atoms with van der Waals surface area (Å²) in [4.78, 5) is 0. The van der Waals surface area contributed by atoms with E-state index < -0.39 is 29.0 Å². The van der Waals surface area contributed by atoms with E-state index in [1.165, 1.54) is 12.3 Å². The van der Waals surface area contributed by atoms with E-state index in [1.807, 2.05) is 6.92 Å². The number of benzene rings is 1. The summed E-state index contributed by atoms with van der Waals surface area (Å²) in [7, 11) is 0. The molecule has 0 saturated heterocycles. The lowest BCUT2D eigenvalue weighted by Gasteiger charge is -2.06. The van der Waals surface area contributed by atoms with E-state index >= 15 is 0 Å². The molecule has 0 amide bonds. The largest absolute Gasteiger partial charge is 0.311 e. The first-order chi connectivity index (χ1) is 9.04. The van der Waals surface area contributed by atoms with Gasteiger partial charge in [-0.25, -0.2) is 22.2 Å². The minimum Gasteiger partial charge on any atom is -0.311 e. The molecular formula is C12H11F4N3. The normalized spacial score (nSPS) is 11.0. The number of nitrogens with zero attached hydrogens (tertiary/aromatic N) is 2. The second-order valence-electron chi connectivity index (χ2n) is 3.85. The van der Waals surface area contributed by atoms with Gasteiger partial charge in [0.05, 0.1) is 5.69 Å². The van der Waals surface area contributed by atoms with Crippen LogP contribution in [-0.2, 0) is 6.54 Å². The van der Waals surface area contributed by atoms with Gasteiger partial charge in [0.25, 0.3) is 0 Å². The number of nitrogens with one attached hydrogen (secondary N) is 1. The maximum atomic E-state index is 13.5. The molecule has 2 rings (SSSR count). The Kier molecular flexibility index (Phi) is 3.84. The van der Waals surface area contributed by atoms with Gasteiger partial charge in [0.2, 0.25) is 0 Å². The van der Waals surface area contributed by atoms with Crippen LogP contribution in [0.3, 0.4) is 0 Å². The summed E-state index contributed by atoms with van der Waals surface area (Å²) in [6.45, 7) is 2.98. The van der Waals surface area contributed by atoms with E-state index in [-0.39, 0.29) is 6.07 Å². The third kappa shape index (κ3) is 2.60. The smallest absolute Gasteiger partial charge is 0.187 e. The highest BCUT2D eigenvalue weighted by Gasteiger charge is 2.21. The predicted octanol–water partition coefficient (Wildman–Crippen LogP) is 2.54. The van der Waals surface area contributed by atoms with E-state index in [9.17, 15) is 17.6 Å². The zero-order valence-electron chi connectivity index (χ0n) is 10.1. The standard InChI is InChI=1S/C12H11F4N3/c1-2-17-6-7-3-4-19(18-7)12-10(15)8(13)5-9(14)11(12)16/h3-5,17H,2,6H2,1H3. The summed E-state index contributed by atoms with van der Waals surface area (Å²) in [5.74, 6) is -5.87. The fourth-order valence-electron chi connectivity index (χ4n) is 1.60. The van der Waals surface area contributed by atoms with Gasteiger partial charge in [-0.2, -0.15) is 5.10 Å². The van der Waals surface area contributed by atoms with Crippen molar-refractivity contribution in [3.8, 4) is 5.69 Å². The first-order valence-corrected chi connectivity index (χ1v) is 5.63. The number of hydrogen-bond donors (Lipinski definition) is 1. The Bertz CT molecular complexity index is 569. The van der Waals surface area contributed by atoms with Crippen molar-refractivity contribution in [2.24, 2.45) is 0 Å². The maximum Gasteiger partial charge on any atom is 0.187 e. The van der Waals surface area contributed by atoms with Gasteiger partial charge in [0, 0.05) is 18.8 Å². The Hall–Kier alpha value is -1.89. The van der Waals surface area contributed by atoms with Crippen molar-refractivity contribution in [2.45, 2.75) is 13.5 Å². The van der Waals surface area contributed by atoms with Crippen LogP contribution in [0, 0.1) is 23.3 Å². The number of rotatable bonds is 4. The zero-order valence-corrected chi connectivity index (χ0v) is 10.1. The summed E-state index contributed by atoms with van der Waals surface area (Å²) in [6.07, 6.45) is 1.24. The molecule has 0 aliphatic heterocycles. The fourth-order valence-corrected chi connectivity index (χ4v) is 1.60. The molecule has 0 bridgehead atoms. The van der Waals surface area contributed by atoms with Gasteiger partial charge in [0.1, 0.15) is 5.69 Å². The van der Waals surface area contributed by atoms with Crippen molar-refractivity contribution < 1.29 is 17.6 Å². The molecule has 0 aliphatic rings. The van der Waals surface area contributed by atoms with Crippen molar-refractivity contribution in [2.75, 3.05) is 6.54 Å². The topological polar surface area (TPSA) is 29.9 Å². The SMILES string of the molecule is CCNCc1ccn(-c2c(F)c(F)cc(F)c2F)n1. The second-order valence-corrected chi connectivity index (χ2v) is 3.85. The van der Waals surface area contributed by atoms with Crippen molar-refractivity contribution in [1.29, 1.82) is 0 Å². The van der Waals surface area contributed by atoms with Gasteiger partial charge < -0.3 is 5.32 Å². The Morgan fingerprint density at radius 1 is 1.16 bits per heavy atom. The summed E-state index contributed by atoms with van der Waals surface area (Å²) < 4.78 is 54.0. The highest BCUT2D eigenvalue weighted by Crippen LogP contribution is 2.22. The van der Waals surface area contributed by atoms with Gasteiger partial charge in [0.15, 0.2) is 23.3 Å². The van der Waals surface area contributed by atoms with Crippen LogP contribution in [0.2, 0.25) is 0 Å². The number of hydrogen-bond acceptors (Lipinski definition) is 2. The number of halogens is 4. The molecule has 0 saturated carbocycles. The van der Waals surface area contributed by atoms with E-state index in [4.69, 9.17) is 0 Å². The minimum atomic E-state index is -1.47. The monoisotopic (exact) mass is 273 g/mol. The molecule has 0 atom stereocenters. The van der Waals surface area contributed by atoms with Crippen molar-refractivity contribution >= 4 is 0 Å². The van der Waals surface area contributed by atoms with Crippen LogP contribution < -0.4 is 5.32 Å². The van der Waals surface area contributed by atoms with Gasteiger partial charge in [-0.3, -0.25) is 0 Å². The molecule has 7 heteroatoms. The minimum absolute atomic E-state index is 0.164. The molecule has 1 aromatic heterocycles. The van der Waals surface area contributed by atoms with Crippen LogP contribution >= 0.6 is 0 Å². The number of aromatic nitrogens is 2. The second kappa shape index (κ2) is 5.40. The van der Waals surface area contributed by atoms with E-state index in [0.717, 1.165) is 4.68 Å². The van der Waals surface area contributed by atoms with Crippen LogP contribution in [-0.4, -0.2) is 16.3 Å². The van der Waals surface area contributed by atoms with E-state index in [1.54, 1.807) is 0 Å². The molecule has 0 aliphatic carbocycles. The first kappa shape index (κ1) is 13.5. The van der Waals surface area contributed by atoms with Crippen molar-refractivity contribution in [3.63, 3.8) is 0 Å².